The van der Waals surface area contributed by atoms with Crippen LogP contribution in [0.3, 0.4) is 0 Å². The second kappa shape index (κ2) is 5.19. The van der Waals surface area contributed by atoms with Gasteiger partial charge in [-0.3, -0.25) is 4.98 Å². The van der Waals surface area contributed by atoms with E-state index in [1.54, 1.807) is 12.3 Å². The van der Waals surface area contributed by atoms with Crippen molar-refractivity contribution in [3.8, 4) is 0 Å². The normalized spacial score (nSPS) is 21.7. The molecule has 0 saturated carbocycles. The van der Waals surface area contributed by atoms with Gasteiger partial charge >= 0.3 is 0 Å². The largest absolute Gasteiger partial charge is 0.388 e. The highest BCUT2D eigenvalue weighted by atomic mass is 32.2. The maximum Gasteiger partial charge on any atom is 0.150 e. The Morgan fingerprint density at radius 3 is 3.00 bits per heavy atom. The molecule has 7 heteroatoms. The first-order chi connectivity index (χ1) is 8.48. The number of hydrogen-bond donors (Lipinski definition) is 2. The summed E-state index contributed by atoms with van der Waals surface area (Å²) < 4.78 is 22.7. The molecular formula is C11H15N3O2S2. The fraction of sp³-hybridized carbons (Fsp3) is 0.455. The standard InChI is InChI=1S/C11H15N3O2S2/c12-11(17)10-9(2-1-4-13-10)14-6-8-3-5-18(15,16)7-8/h1-2,4,8,14H,3,5-7H2,(H2,12,17). The Morgan fingerprint density at radius 1 is 1.61 bits per heavy atom. The van der Waals surface area contributed by atoms with Crippen LogP contribution < -0.4 is 11.1 Å². The summed E-state index contributed by atoms with van der Waals surface area (Å²) in [6, 6.07) is 3.63. The van der Waals surface area contributed by atoms with Gasteiger partial charge in [0.15, 0.2) is 9.84 Å². The number of pyridine rings is 1. The molecule has 2 heterocycles. The van der Waals surface area contributed by atoms with Gasteiger partial charge in [0.25, 0.3) is 0 Å². The van der Waals surface area contributed by atoms with Gasteiger partial charge in [0.2, 0.25) is 0 Å². The predicted molar refractivity (Wildman–Crippen MR) is 75.4 cm³/mol. The van der Waals surface area contributed by atoms with Crippen molar-refractivity contribution < 1.29 is 8.42 Å². The van der Waals surface area contributed by atoms with E-state index in [4.69, 9.17) is 18.0 Å². The van der Waals surface area contributed by atoms with E-state index in [0.717, 1.165) is 5.69 Å². The second-order valence-electron chi connectivity index (χ2n) is 4.41. The predicted octanol–water partition coefficient (Wildman–Crippen LogP) is 0.562. The average Bonchev–Trinajstić information content (AvgIpc) is 2.66. The SMILES string of the molecule is NC(=S)c1ncccc1NCC1CCS(=O)(=O)C1. The van der Waals surface area contributed by atoms with Crippen molar-refractivity contribution in [2.24, 2.45) is 11.7 Å². The molecule has 0 bridgehead atoms. The van der Waals surface area contributed by atoms with Crippen LogP contribution in [0.4, 0.5) is 5.69 Å². The summed E-state index contributed by atoms with van der Waals surface area (Å²) in [5.74, 6) is 0.686. The quantitative estimate of drug-likeness (QED) is 0.786. The van der Waals surface area contributed by atoms with E-state index >= 15 is 0 Å². The van der Waals surface area contributed by atoms with Crippen molar-refractivity contribution in [3.63, 3.8) is 0 Å². The van der Waals surface area contributed by atoms with Crippen LogP contribution in [0.25, 0.3) is 0 Å². The summed E-state index contributed by atoms with van der Waals surface area (Å²) in [6.45, 7) is 0.598. The van der Waals surface area contributed by atoms with Gasteiger partial charge in [0, 0.05) is 12.7 Å². The Balaban J connectivity index is 2.01. The van der Waals surface area contributed by atoms with Crippen molar-refractivity contribution in [1.29, 1.82) is 0 Å². The number of hydrogen-bond acceptors (Lipinski definition) is 5. The minimum absolute atomic E-state index is 0.148. The molecule has 1 aromatic heterocycles. The number of thiocarbonyl (C=S) groups is 1. The zero-order valence-corrected chi connectivity index (χ0v) is 11.4. The molecule has 0 aromatic carbocycles. The van der Waals surface area contributed by atoms with Crippen molar-refractivity contribution in [3.05, 3.63) is 24.0 Å². The molecule has 1 aliphatic heterocycles. The Morgan fingerprint density at radius 2 is 2.39 bits per heavy atom. The molecule has 1 fully saturated rings. The Hall–Kier alpha value is -1.21. The van der Waals surface area contributed by atoms with Gasteiger partial charge in [-0.15, -0.1) is 0 Å². The molecule has 1 aliphatic rings. The zero-order valence-electron chi connectivity index (χ0n) is 9.80. The van der Waals surface area contributed by atoms with Crippen LogP contribution in [0, 0.1) is 5.92 Å². The van der Waals surface area contributed by atoms with Crippen LogP contribution in [-0.2, 0) is 9.84 Å². The summed E-state index contributed by atoms with van der Waals surface area (Å²) in [6.07, 6.45) is 2.33. The minimum atomic E-state index is -2.83. The fourth-order valence-corrected chi connectivity index (χ4v) is 4.06. The molecule has 5 nitrogen and oxygen atoms in total. The third-order valence-corrected chi connectivity index (χ3v) is 4.98. The molecular weight excluding hydrogens is 270 g/mol. The molecule has 1 aromatic rings. The van der Waals surface area contributed by atoms with Crippen LogP contribution in [0.5, 0.6) is 0 Å². The van der Waals surface area contributed by atoms with Gasteiger partial charge in [-0.25, -0.2) is 8.42 Å². The lowest BCUT2D eigenvalue weighted by Crippen LogP contribution is -2.19. The molecule has 1 unspecified atom stereocenters. The van der Waals surface area contributed by atoms with Crippen LogP contribution in [0.2, 0.25) is 0 Å². The number of anilines is 1. The lowest BCUT2D eigenvalue weighted by Gasteiger charge is -2.13. The van der Waals surface area contributed by atoms with Crippen LogP contribution in [-0.4, -0.2) is 36.4 Å². The van der Waals surface area contributed by atoms with E-state index in [9.17, 15) is 8.42 Å². The maximum atomic E-state index is 11.3. The molecule has 18 heavy (non-hydrogen) atoms. The molecule has 0 amide bonds. The molecule has 2 rings (SSSR count). The monoisotopic (exact) mass is 285 g/mol. The molecule has 1 atom stereocenters. The highest BCUT2D eigenvalue weighted by Crippen LogP contribution is 2.20. The number of nitrogens with zero attached hydrogens (tertiary/aromatic N) is 1. The maximum absolute atomic E-state index is 11.3. The smallest absolute Gasteiger partial charge is 0.150 e. The highest BCUT2D eigenvalue weighted by Gasteiger charge is 2.27. The third kappa shape index (κ3) is 3.17. The van der Waals surface area contributed by atoms with E-state index < -0.39 is 9.84 Å². The van der Waals surface area contributed by atoms with Gasteiger partial charge < -0.3 is 11.1 Å². The summed E-state index contributed by atoms with van der Waals surface area (Å²) in [7, 11) is -2.83. The topological polar surface area (TPSA) is 85.1 Å². The highest BCUT2D eigenvalue weighted by molar-refractivity contribution is 7.91. The zero-order chi connectivity index (χ0) is 13.2. The third-order valence-electron chi connectivity index (χ3n) is 2.95. The van der Waals surface area contributed by atoms with Gasteiger partial charge in [-0.2, -0.15) is 0 Å². The van der Waals surface area contributed by atoms with E-state index in [-0.39, 0.29) is 22.4 Å². The fourth-order valence-electron chi connectivity index (χ4n) is 2.03. The molecule has 1 saturated heterocycles. The van der Waals surface area contributed by atoms with Gasteiger partial charge in [-0.1, -0.05) is 12.2 Å². The van der Waals surface area contributed by atoms with Crippen LogP contribution >= 0.6 is 12.2 Å². The van der Waals surface area contributed by atoms with Gasteiger partial charge in [-0.05, 0) is 24.5 Å². The summed E-state index contributed by atoms with van der Waals surface area (Å²) in [5, 5.41) is 3.18. The number of aromatic nitrogens is 1. The van der Waals surface area contributed by atoms with Gasteiger partial charge in [0.05, 0.1) is 17.2 Å². The van der Waals surface area contributed by atoms with Crippen molar-refractivity contribution in [2.75, 3.05) is 23.4 Å². The van der Waals surface area contributed by atoms with Crippen molar-refractivity contribution in [2.45, 2.75) is 6.42 Å². The van der Waals surface area contributed by atoms with E-state index in [1.165, 1.54) is 0 Å². The molecule has 0 radical (unpaired) electrons. The first kappa shape index (κ1) is 13.2. The van der Waals surface area contributed by atoms with Crippen LogP contribution in [0.15, 0.2) is 18.3 Å². The van der Waals surface area contributed by atoms with E-state index in [0.29, 0.717) is 18.7 Å². The average molecular weight is 285 g/mol. The first-order valence-electron chi connectivity index (χ1n) is 5.67. The number of nitrogens with two attached hydrogens (primary N) is 1. The molecule has 98 valence electrons. The Bertz CT molecular complexity index is 557. The van der Waals surface area contributed by atoms with Crippen molar-refractivity contribution in [1.82, 2.24) is 4.98 Å². The number of rotatable bonds is 4. The summed E-state index contributed by atoms with van der Waals surface area (Å²) in [4.78, 5) is 4.34. The molecule has 0 spiro atoms. The number of sulfone groups is 1. The van der Waals surface area contributed by atoms with E-state index in [1.807, 2.05) is 6.07 Å². The lowest BCUT2D eigenvalue weighted by atomic mass is 10.1. The minimum Gasteiger partial charge on any atom is -0.388 e. The van der Waals surface area contributed by atoms with Crippen molar-refractivity contribution >= 4 is 32.7 Å². The van der Waals surface area contributed by atoms with Gasteiger partial charge in [0.1, 0.15) is 10.7 Å². The lowest BCUT2D eigenvalue weighted by molar-refractivity contribution is 0.596. The number of nitrogens with one attached hydrogen (secondary N) is 1. The van der Waals surface area contributed by atoms with Crippen LogP contribution in [0.1, 0.15) is 12.1 Å². The summed E-state index contributed by atoms with van der Waals surface area (Å²) >= 11 is 4.91. The van der Waals surface area contributed by atoms with E-state index in [2.05, 4.69) is 10.3 Å². The Kier molecular flexibility index (Phi) is 3.82. The summed E-state index contributed by atoms with van der Waals surface area (Å²) in [5.41, 5.74) is 6.88. The first-order valence-corrected chi connectivity index (χ1v) is 7.90. The molecule has 3 N–H and O–H groups in total. The second-order valence-corrected chi connectivity index (χ2v) is 7.08. The molecule has 0 aliphatic carbocycles. The Labute approximate surface area is 112 Å².